The number of benzene rings is 5. The lowest BCUT2D eigenvalue weighted by Crippen LogP contribution is -1.96. The quantitative estimate of drug-likeness (QED) is 0.226. The van der Waals surface area contributed by atoms with E-state index in [4.69, 9.17) is 0 Å². The van der Waals surface area contributed by atoms with Crippen molar-refractivity contribution in [3.63, 3.8) is 0 Å². The van der Waals surface area contributed by atoms with Gasteiger partial charge in [0.25, 0.3) is 0 Å². The molecule has 0 saturated carbocycles. The van der Waals surface area contributed by atoms with Gasteiger partial charge in [0.05, 0.1) is 26.8 Å². The number of hydrogen-bond acceptors (Lipinski definition) is 1. The fourth-order valence-corrected chi connectivity index (χ4v) is 6.90. The molecule has 0 spiro atoms. The molecule has 0 atom stereocenters. The minimum Gasteiger partial charge on any atom is -0.309 e. The van der Waals surface area contributed by atoms with Crippen LogP contribution in [0.3, 0.4) is 0 Å². The number of hydrogen-bond donors (Lipinski definition) is 0. The predicted molar refractivity (Wildman–Crippen MR) is 162 cm³/mol. The van der Waals surface area contributed by atoms with Crippen LogP contribution in [0.2, 0.25) is 0 Å². The van der Waals surface area contributed by atoms with Gasteiger partial charge in [-0.25, -0.2) is 0 Å². The van der Waals surface area contributed by atoms with Gasteiger partial charge in [0.2, 0.25) is 0 Å². The van der Waals surface area contributed by atoms with Crippen LogP contribution in [-0.2, 0) is 6.42 Å². The van der Waals surface area contributed by atoms with Crippen LogP contribution in [0.25, 0.3) is 54.3 Å². The van der Waals surface area contributed by atoms with Crippen LogP contribution in [0.1, 0.15) is 11.1 Å². The molecule has 3 heterocycles. The van der Waals surface area contributed by atoms with Gasteiger partial charge in [-0.1, -0.05) is 84.9 Å². The molecule has 0 aliphatic rings. The van der Waals surface area contributed by atoms with Gasteiger partial charge in [-0.15, -0.1) is 11.3 Å². The summed E-state index contributed by atoms with van der Waals surface area (Å²) in [5, 5.41) is 6.12. The van der Waals surface area contributed by atoms with E-state index in [1.54, 1.807) is 0 Å². The van der Waals surface area contributed by atoms with Crippen molar-refractivity contribution in [3.8, 4) is 11.4 Å². The monoisotopic (exact) mass is 504 g/mol. The van der Waals surface area contributed by atoms with Crippen molar-refractivity contribution in [1.29, 1.82) is 0 Å². The summed E-state index contributed by atoms with van der Waals surface area (Å²) in [6.45, 7) is 0. The van der Waals surface area contributed by atoms with Crippen molar-refractivity contribution in [2.75, 3.05) is 0 Å². The lowest BCUT2D eigenvalue weighted by molar-refractivity contribution is 1.15. The maximum absolute atomic E-state index is 2.47. The molecule has 2 nitrogen and oxygen atoms in total. The highest BCUT2D eigenvalue weighted by Gasteiger charge is 2.21. The SMILES string of the molecule is c1ccc(Cc2ccc(-n3c4ccccc4c4ccc5c(c6sccc6n5-c5ccccc5)c43)cc2)cc1. The summed E-state index contributed by atoms with van der Waals surface area (Å²) in [4.78, 5) is 0. The molecule has 5 aromatic carbocycles. The maximum Gasteiger partial charge on any atom is 0.0649 e. The third-order valence-corrected chi connectivity index (χ3v) is 8.55. The van der Waals surface area contributed by atoms with Crippen molar-refractivity contribution >= 4 is 54.3 Å². The second kappa shape index (κ2) is 8.47. The molecular weight excluding hydrogens is 480 g/mol. The second-order valence-corrected chi connectivity index (χ2v) is 10.8. The van der Waals surface area contributed by atoms with Crippen LogP contribution in [0.5, 0.6) is 0 Å². The number of aromatic nitrogens is 2. The number of thiophene rings is 1. The Balaban J connectivity index is 1.42. The molecule has 0 aliphatic heterocycles. The van der Waals surface area contributed by atoms with E-state index >= 15 is 0 Å². The summed E-state index contributed by atoms with van der Waals surface area (Å²) in [6.07, 6.45) is 0.939. The van der Waals surface area contributed by atoms with E-state index in [0.29, 0.717) is 0 Å². The van der Waals surface area contributed by atoms with Crippen LogP contribution < -0.4 is 0 Å². The minimum absolute atomic E-state index is 0.939. The largest absolute Gasteiger partial charge is 0.309 e. The fourth-order valence-electron chi connectivity index (χ4n) is 5.97. The van der Waals surface area contributed by atoms with Crippen LogP contribution in [-0.4, -0.2) is 9.13 Å². The Morgan fingerprint density at radius 2 is 1.16 bits per heavy atom. The molecule has 0 aliphatic carbocycles. The Bertz CT molecular complexity index is 2080. The van der Waals surface area contributed by atoms with Gasteiger partial charge in [0.1, 0.15) is 0 Å². The van der Waals surface area contributed by atoms with E-state index in [2.05, 4.69) is 142 Å². The van der Waals surface area contributed by atoms with E-state index in [0.717, 1.165) is 6.42 Å². The van der Waals surface area contributed by atoms with Gasteiger partial charge in [0, 0.05) is 27.5 Å². The lowest BCUT2D eigenvalue weighted by atomic mass is 10.0. The molecule has 38 heavy (non-hydrogen) atoms. The van der Waals surface area contributed by atoms with E-state index in [1.807, 2.05) is 11.3 Å². The molecule has 3 heteroatoms. The van der Waals surface area contributed by atoms with Gasteiger partial charge in [-0.2, -0.15) is 0 Å². The van der Waals surface area contributed by atoms with Crippen molar-refractivity contribution in [2.45, 2.75) is 6.42 Å². The van der Waals surface area contributed by atoms with Crippen molar-refractivity contribution in [3.05, 3.63) is 144 Å². The zero-order valence-electron chi connectivity index (χ0n) is 20.7. The zero-order valence-corrected chi connectivity index (χ0v) is 21.5. The molecule has 0 N–H and O–H groups in total. The normalized spacial score (nSPS) is 11.8. The van der Waals surface area contributed by atoms with E-state index in [-0.39, 0.29) is 0 Å². The van der Waals surface area contributed by atoms with E-state index < -0.39 is 0 Å². The molecule has 0 amide bonds. The average Bonchev–Trinajstić information content (AvgIpc) is 3.65. The minimum atomic E-state index is 0.939. The first-order valence-corrected chi connectivity index (χ1v) is 13.9. The number of para-hydroxylation sites is 2. The van der Waals surface area contributed by atoms with Crippen molar-refractivity contribution in [2.24, 2.45) is 0 Å². The molecule has 0 bridgehead atoms. The van der Waals surface area contributed by atoms with Gasteiger partial charge >= 0.3 is 0 Å². The highest BCUT2D eigenvalue weighted by molar-refractivity contribution is 7.18. The summed E-state index contributed by atoms with van der Waals surface area (Å²) >= 11 is 1.83. The van der Waals surface area contributed by atoms with Gasteiger partial charge in [-0.05, 0) is 65.4 Å². The first-order chi connectivity index (χ1) is 18.9. The number of rotatable bonds is 4. The molecular formula is C35H24N2S. The Morgan fingerprint density at radius 3 is 1.97 bits per heavy atom. The summed E-state index contributed by atoms with van der Waals surface area (Å²) in [5.41, 5.74) is 10.1. The summed E-state index contributed by atoms with van der Waals surface area (Å²) in [6, 6.07) is 46.2. The van der Waals surface area contributed by atoms with E-state index in [9.17, 15) is 0 Å². The third-order valence-electron chi connectivity index (χ3n) is 7.63. The molecule has 180 valence electrons. The third kappa shape index (κ3) is 3.19. The highest BCUT2D eigenvalue weighted by atomic mass is 32.1. The number of fused-ring (bicyclic) bond motifs is 7. The lowest BCUT2D eigenvalue weighted by Gasteiger charge is -2.11. The highest BCUT2D eigenvalue weighted by Crippen LogP contribution is 2.43. The van der Waals surface area contributed by atoms with Crippen LogP contribution in [0.15, 0.2) is 133 Å². The zero-order chi connectivity index (χ0) is 25.1. The molecule has 0 radical (unpaired) electrons. The van der Waals surface area contributed by atoms with Crippen LogP contribution in [0.4, 0.5) is 0 Å². The average molecular weight is 505 g/mol. The molecule has 0 saturated heterocycles. The molecule has 8 aromatic rings. The topological polar surface area (TPSA) is 9.86 Å². The standard InChI is InChI=1S/C35H24N2S/c1-3-9-24(10-4-1)23-25-15-17-27(18-16-25)37-30-14-8-7-13-28(30)29-19-20-31-33(34(29)37)35-32(21-22-38-35)36(31)26-11-5-2-6-12-26/h1-22H,23H2. The Hall–Kier alpha value is -4.60. The number of nitrogens with zero attached hydrogens (tertiary/aromatic N) is 2. The van der Waals surface area contributed by atoms with Gasteiger partial charge in [-0.3, -0.25) is 0 Å². The van der Waals surface area contributed by atoms with Crippen LogP contribution in [0, 0.1) is 0 Å². The molecule has 0 unspecified atom stereocenters. The first-order valence-electron chi connectivity index (χ1n) is 13.0. The van der Waals surface area contributed by atoms with Gasteiger partial charge < -0.3 is 9.13 Å². The second-order valence-electron chi connectivity index (χ2n) is 9.84. The first kappa shape index (κ1) is 21.5. The Labute approximate surface area is 224 Å². The van der Waals surface area contributed by atoms with Crippen molar-refractivity contribution in [1.82, 2.24) is 9.13 Å². The fraction of sp³-hybridized carbons (Fsp3) is 0.0286. The summed E-state index contributed by atoms with van der Waals surface area (Å²) in [5.74, 6) is 0. The molecule has 0 fully saturated rings. The van der Waals surface area contributed by atoms with Gasteiger partial charge in [0.15, 0.2) is 0 Å². The maximum atomic E-state index is 2.47. The Kier molecular flexibility index (Phi) is 4.79. The summed E-state index contributed by atoms with van der Waals surface area (Å²) < 4.78 is 6.21. The smallest absolute Gasteiger partial charge is 0.0649 e. The molecule has 3 aromatic heterocycles. The van der Waals surface area contributed by atoms with Crippen molar-refractivity contribution < 1.29 is 0 Å². The summed E-state index contributed by atoms with van der Waals surface area (Å²) in [7, 11) is 0. The Morgan fingerprint density at radius 1 is 0.474 bits per heavy atom. The predicted octanol–water partition coefficient (Wildman–Crippen LogP) is 9.53. The van der Waals surface area contributed by atoms with Crippen LogP contribution >= 0.6 is 11.3 Å². The molecule has 8 rings (SSSR count). The van der Waals surface area contributed by atoms with E-state index in [1.165, 1.54) is 65.4 Å².